The Morgan fingerprint density at radius 3 is 2.79 bits per heavy atom. The Labute approximate surface area is 193 Å². The first kappa shape index (κ1) is 21.1. The first-order valence-electron chi connectivity index (χ1n) is 10.3. The molecule has 0 saturated carbocycles. The van der Waals surface area contributed by atoms with Crippen molar-refractivity contribution in [3.8, 4) is 11.8 Å². The molecule has 0 bridgehead atoms. The largest absolute Gasteiger partial charge is 0.371 e. The van der Waals surface area contributed by atoms with Gasteiger partial charge >= 0.3 is 0 Å². The van der Waals surface area contributed by atoms with Gasteiger partial charge < -0.3 is 15.3 Å². The number of nitrogens with one attached hydrogen (secondary N) is 1. The molecule has 1 aromatic carbocycles. The Kier molecular flexibility index (Phi) is 5.50. The smallest absolute Gasteiger partial charge is 0.174 e. The number of rotatable bonds is 4. The van der Waals surface area contributed by atoms with Crippen LogP contribution in [0, 0.1) is 17.7 Å². The van der Waals surface area contributed by atoms with Crippen LogP contribution >= 0.6 is 11.3 Å². The van der Waals surface area contributed by atoms with Crippen LogP contribution in [0.3, 0.4) is 0 Å². The van der Waals surface area contributed by atoms with Crippen LogP contribution in [0.25, 0.3) is 0 Å². The fourth-order valence-electron chi connectivity index (χ4n) is 3.52. The van der Waals surface area contributed by atoms with Crippen molar-refractivity contribution in [3.63, 3.8) is 0 Å². The van der Waals surface area contributed by atoms with Gasteiger partial charge in [0, 0.05) is 42.5 Å². The maximum Gasteiger partial charge on any atom is 0.174 e. The molecule has 1 aliphatic heterocycles. The molecule has 33 heavy (non-hydrogen) atoms. The maximum absolute atomic E-state index is 13.2. The van der Waals surface area contributed by atoms with E-state index in [0.717, 1.165) is 31.0 Å². The van der Waals surface area contributed by atoms with Gasteiger partial charge in [0.25, 0.3) is 0 Å². The Bertz CT molecular complexity index is 1320. The molecule has 0 aliphatic carbocycles. The molecule has 2 N–H and O–H groups in total. The molecule has 8 nitrogen and oxygen atoms in total. The lowest BCUT2D eigenvalue weighted by Crippen LogP contribution is -2.28. The van der Waals surface area contributed by atoms with Crippen LogP contribution in [0.1, 0.15) is 24.0 Å². The molecule has 166 valence electrons. The highest BCUT2D eigenvalue weighted by Gasteiger charge is 2.24. The van der Waals surface area contributed by atoms with Crippen molar-refractivity contribution < 1.29 is 9.50 Å². The average Bonchev–Trinajstić information content (AvgIpc) is 3.50. The van der Waals surface area contributed by atoms with Gasteiger partial charge in [0.15, 0.2) is 5.60 Å². The third-order valence-corrected chi connectivity index (χ3v) is 6.10. The van der Waals surface area contributed by atoms with Crippen molar-refractivity contribution in [1.82, 2.24) is 24.7 Å². The van der Waals surface area contributed by atoms with Gasteiger partial charge in [-0.3, -0.25) is 0 Å². The zero-order valence-electron chi connectivity index (χ0n) is 17.7. The molecule has 0 amide bonds. The summed E-state index contributed by atoms with van der Waals surface area (Å²) < 4.78 is 15.1. The highest BCUT2D eigenvalue weighted by atomic mass is 32.1. The van der Waals surface area contributed by atoms with Crippen LogP contribution in [0.5, 0.6) is 0 Å². The molecule has 0 spiro atoms. The van der Waals surface area contributed by atoms with Crippen LogP contribution in [-0.2, 0) is 12.1 Å². The van der Waals surface area contributed by atoms with Crippen LogP contribution in [0.2, 0.25) is 0 Å². The van der Waals surface area contributed by atoms with Crippen molar-refractivity contribution in [2.24, 2.45) is 0 Å². The number of halogens is 1. The fourth-order valence-corrected chi connectivity index (χ4v) is 4.17. The Morgan fingerprint density at radius 2 is 2.00 bits per heavy atom. The summed E-state index contributed by atoms with van der Waals surface area (Å²) in [5, 5.41) is 20.7. The van der Waals surface area contributed by atoms with Gasteiger partial charge in [0.05, 0.1) is 0 Å². The Morgan fingerprint density at radius 1 is 1.15 bits per heavy atom. The number of nitrogens with zero attached hydrogens (tertiary/aromatic N) is 6. The second kappa shape index (κ2) is 8.61. The molecular formula is C23H20FN7OS. The number of aliphatic hydroxyl groups is 1. The summed E-state index contributed by atoms with van der Waals surface area (Å²) >= 11 is 1.36. The van der Waals surface area contributed by atoms with E-state index in [1.165, 1.54) is 29.8 Å². The lowest BCUT2D eigenvalue weighted by Gasteiger charge is -2.28. The lowest BCUT2D eigenvalue weighted by molar-refractivity contribution is 0.122. The molecule has 0 radical (unpaired) electrons. The van der Waals surface area contributed by atoms with E-state index in [1.54, 1.807) is 30.6 Å². The van der Waals surface area contributed by atoms with Crippen molar-refractivity contribution in [2.75, 3.05) is 16.8 Å². The predicted molar refractivity (Wildman–Crippen MR) is 124 cm³/mol. The molecule has 4 aromatic rings. The van der Waals surface area contributed by atoms with Gasteiger partial charge in [-0.15, -0.1) is 11.3 Å². The molecule has 1 atom stereocenters. The van der Waals surface area contributed by atoms with Crippen LogP contribution < -0.4 is 10.2 Å². The number of aromatic nitrogens is 5. The number of hydrogen-bond acceptors (Lipinski definition) is 8. The standard InChI is InChI=1S/C23H20FN7OS/c1-23(32,22-25-9-12-33-22)8-7-18-13-21-30(10-2-11-31(21)29-18)20-14-19(26-15-27-20)28-17-5-3-16(24)4-6-17/h3-6,9,12-15,32H,2,10-11H2,1H3,(H,26,27,28). The second-order valence-electron chi connectivity index (χ2n) is 7.67. The van der Waals surface area contributed by atoms with Gasteiger partial charge in [-0.05, 0) is 43.5 Å². The molecule has 3 aromatic heterocycles. The predicted octanol–water partition coefficient (Wildman–Crippen LogP) is 3.81. The molecule has 10 heteroatoms. The lowest BCUT2D eigenvalue weighted by atomic mass is 10.1. The number of aryl methyl sites for hydroxylation is 1. The van der Waals surface area contributed by atoms with E-state index in [-0.39, 0.29) is 5.82 Å². The average molecular weight is 462 g/mol. The number of benzene rings is 1. The molecule has 5 rings (SSSR count). The van der Waals surface area contributed by atoms with Crippen molar-refractivity contribution in [1.29, 1.82) is 0 Å². The third kappa shape index (κ3) is 4.55. The number of thiazole rings is 1. The quantitative estimate of drug-likeness (QED) is 0.447. The zero-order chi connectivity index (χ0) is 22.8. The van der Waals surface area contributed by atoms with Gasteiger partial charge in [-0.1, -0.05) is 5.92 Å². The molecule has 1 aliphatic rings. The first-order valence-corrected chi connectivity index (χ1v) is 11.2. The van der Waals surface area contributed by atoms with Crippen molar-refractivity contribution in [2.45, 2.75) is 25.5 Å². The summed E-state index contributed by atoms with van der Waals surface area (Å²) in [6, 6.07) is 9.81. The minimum Gasteiger partial charge on any atom is -0.371 e. The first-order chi connectivity index (χ1) is 16.0. The van der Waals surface area contributed by atoms with E-state index in [4.69, 9.17) is 0 Å². The molecule has 0 fully saturated rings. The van der Waals surface area contributed by atoms with Crippen LogP contribution in [-0.4, -0.2) is 36.4 Å². The zero-order valence-corrected chi connectivity index (χ0v) is 18.6. The molecule has 4 heterocycles. The van der Waals surface area contributed by atoms with Crippen molar-refractivity contribution >= 4 is 34.5 Å². The minimum atomic E-state index is -1.34. The van der Waals surface area contributed by atoms with E-state index in [2.05, 4.69) is 42.1 Å². The number of anilines is 4. The van der Waals surface area contributed by atoms with Gasteiger partial charge in [-0.2, -0.15) is 5.10 Å². The molecule has 1 unspecified atom stereocenters. The van der Waals surface area contributed by atoms with Gasteiger partial charge in [-0.25, -0.2) is 24.0 Å². The van der Waals surface area contributed by atoms with Crippen LogP contribution in [0.15, 0.2) is 54.3 Å². The topological polar surface area (TPSA) is 92.0 Å². The summed E-state index contributed by atoms with van der Waals surface area (Å²) in [4.78, 5) is 14.9. The maximum atomic E-state index is 13.2. The Hall–Kier alpha value is -3.81. The van der Waals surface area contributed by atoms with E-state index in [1.807, 2.05) is 16.8 Å². The number of hydrogen-bond donors (Lipinski definition) is 2. The molecule has 0 saturated heterocycles. The number of fused-ring (bicyclic) bond motifs is 1. The summed E-state index contributed by atoms with van der Waals surface area (Å²) in [5.41, 5.74) is -0.0482. The summed E-state index contributed by atoms with van der Waals surface area (Å²) in [7, 11) is 0. The highest BCUT2D eigenvalue weighted by molar-refractivity contribution is 7.09. The van der Waals surface area contributed by atoms with Crippen molar-refractivity contribution in [3.05, 3.63) is 70.8 Å². The van der Waals surface area contributed by atoms with E-state index < -0.39 is 5.60 Å². The van der Waals surface area contributed by atoms with E-state index in [9.17, 15) is 9.50 Å². The SMILES string of the molecule is CC(O)(C#Cc1cc2n(n1)CCCN2c1cc(Nc2ccc(F)cc2)ncn1)c1nccs1. The minimum absolute atomic E-state index is 0.294. The Balaban J connectivity index is 1.40. The highest BCUT2D eigenvalue weighted by Crippen LogP contribution is 2.30. The normalized spacial score (nSPS) is 14.7. The second-order valence-corrected chi connectivity index (χ2v) is 8.56. The van der Waals surface area contributed by atoms with Gasteiger partial charge in [0.2, 0.25) is 0 Å². The van der Waals surface area contributed by atoms with Crippen LogP contribution in [0.4, 0.5) is 27.5 Å². The van der Waals surface area contributed by atoms with Gasteiger partial charge in [0.1, 0.15) is 40.3 Å². The summed E-state index contributed by atoms with van der Waals surface area (Å²) in [6.07, 6.45) is 4.02. The summed E-state index contributed by atoms with van der Waals surface area (Å²) in [6.45, 7) is 3.15. The fraction of sp³-hybridized carbons (Fsp3) is 0.217. The molecular weight excluding hydrogens is 441 g/mol. The third-order valence-electron chi connectivity index (χ3n) is 5.12. The van der Waals surface area contributed by atoms with E-state index in [0.29, 0.717) is 22.3 Å². The van der Waals surface area contributed by atoms with E-state index >= 15 is 0 Å². The monoisotopic (exact) mass is 461 g/mol. The summed E-state index contributed by atoms with van der Waals surface area (Å²) in [5.74, 6) is 7.75.